The van der Waals surface area contributed by atoms with Crippen LogP contribution in [0, 0.1) is 0 Å². The Bertz CT molecular complexity index is 928. The van der Waals surface area contributed by atoms with Gasteiger partial charge in [-0.1, -0.05) is 55.2 Å². The molecule has 0 radical (unpaired) electrons. The predicted molar refractivity (Wildman–Crippen MR) is 109 cm³/mol. The molecule has 0 saturated carbocycles. The Labute approximate surface area is 170 Å². The Morgan fingerprint density at radius 3 is 2.30 bits per heavy atom. The van der Waals surface area contributed by atoms with Gasteiger partial charge in [0, 0.05) is 23.7 Å². The number of hydrogen-bond donors (Lipinski definition) is 1. The molecule has 0 bridgehead atoms. The fraction of sp³-hybridized carbons (Fsp3) is 0.316. The van der Waals surface area contributed by atoms with Gasteiger partial charge >= 0.3 is 0 Å². The third-order valence-corrected chi connectivity index (χ3v) is 7.11. The summed E-state index contributed by atoms with van der Waals surface area (Å²) in [7, 11) is -3.77. The molecule has 5 nitrogen and oxygen atoms in total. The van der Waals surface area contributed by atoms with E-state index in [9.17, 15) is 13.2 Å². The van der Waals surface area contributed by atoms with Gasteiger partial charge in [-0.05, 0) is 36.8 Å². The van der Waals surface area contributed by atoms with Crippen LogP contribution in [0.5, 0.6) is 0 Å². The van der Waals surface area contributed by atoms with E-state index in [0.29, 0.717) is 18.1 Å². The van der Waals surface area contributed by atoms with Crippen molar-refractivity contribution in [1.29, 1.82) is 0 Å². The molecule has 2 aromatic carbocycles. The van der Waals surface area contributed by atoms with Crippen LogP contribution in [0.2, 0.25) is 10.0 Å². The molecule has 0 aromatic heterocycles. The first-order valence-electron chi connectivity index (χ1n) is 8.57. The SMILES string of the molecule is CCN(CC)S(=O)(=O)c1cc(C(=O)NC(C)c2ccccc2Cl)ccc1Cl. The zero-order valence-corrected chi connectivity index (χ0v) is 17.7. The number of amides is 1. The minimum Gasteiger partial charge on any atom is -0.345 e. The fourth-order valence-corrected chi connectivity index (χ4v) is 4.99. The van der Waals surface area contributed by atoms with Gasteiger partial charge < -0.3 is 5.32 Å². The van der Waals surface area contributed by atoms with Crippen molar-refractivity contribution < 1.29 is 13.2 Å². The molecule has 0 aliphatic heterocycles. The Morgan fingerprint density at radius 1 is 1.07 bits per heavy atom. The lowest BCUT2D eigenvalue weighted by molar-refractivity contribution is 0.0939. The van der Waals surface area contributed by atoms with Crippen LogP contribution in [-0.4, -0.2) is 31.7 Å². The molecule has 0 aliphatic carbocycles. The molecule has 1 N–H and O–H groups in total. The maximum atomic E-state index is 12.8. The summed E-state index contributed by atoms with van der Waals surface area (Å²) in [4.78, 5) is 12.6. The monoisotopic (exact) mass is 428 g/mol. The molecule has 1 unspecified atom stereocenters. The highest BCUT2D eigenvalue weighted by molar-refractivity contribution is 7.89. The van der Waals surface area contributed by atoms with Gasteiger partial charge in [0.05, 0.1) is 11.1 Å². The number of rotatable bonds is 7. The number of benzene rings is 2. The molecule has 27 heavy (non-hydrogen) atoms. The van der Waals surface area contributed by atoms with Gasteiger partial charge in [-0.25, -0.2) is 8.42 Å². The lowest BCUT2D eigenvalue weighted by Crippen LogP contribution is -2.31. The minimum atomic E-state index is -3.77. The highest BCUT2D eigenvalue weighted by Crippen LogP contribution is 2.27. The van der Waals surface area contributed by atoms with E-state index in [0.717, 1.165) is 5.56 Å². The van der Waals surface area contributed by atoms with Gasteiger partial charge in [-0.3, -0.25) is 4.79 Å². The van der Waals surface area contributed by atoms with Gasteiger partial charge in [0.1, 0.15) is 4.90 Å². The van der Waals surface area contributed by atoms with Gasteiger partial charge in [0.25, 0.3) is 5.91 Å². The van der Waals surface area contributed by atoms with E-state index < -0.39 is 15.9 Å². The topological polar surface area (TPSA) is 66.5 Å². The Balaban J connectivity index is 2.32. The van der Waals surface area contributed by atoms with Crippen LogP contribution in [0.4, 0.5) is 0 Å². The molecule has 8 heteroatoms. The number of hydrogen-bond acceptors (Lipinski definition) is 3. The molecule has 0 spiro atoms. The smallest absolute Gasteiger partial charge is 0.251 e. The van der Waals surface area contributed by atoms with Crippen molar-refractivity contribution in [2.24, 2.45) is 0 Å². The highest BCUT2D eigenvalue weighted by atomic mass is 35.5. The quantitative estimate of drug-likeness (QED) is 0.704. The lowest BCUT2D eigenvalue weighted by atomic mass is 10.1. The first kappa shape index (κ1) is 21.7. The molecule has 1 atom stereocenters. The number of nitrogens with zero attached hydrogens (tertiary/aromatic N) is 1. The number of sulfonamides is 1. The molecule has 1 amide bonds. The second kappa shape index (κ2) is 9.06. The lowest BCUT2D eigenvalue weighted by Gasteiger charge is -2.20. The fourth-order valence-electron chi connectivity index (χ4n) is 2.73. The van der Waals surface area contributed by atoms with Crippen molar-refractivity contribution >= 4 is 39.1 Å². The van der Waals surface area contributed by atoms with Crippen molar-refractivity contribution in [2.45, 2.75) is 31.7 Å². The average Bonchev–Trinajstić information content (AvgIpc) is 2.62. The summed E-state index contributed by atoms with van der Waals surface area (Å²) >= 11 is 12.3. The minimum absolute atomic E-state index is 0.0779. The van der Waals surface area contributed by atoms with Gasteiger partial charge in [-0.15, -0.1) is 0 Å². The standard InChI is InChI=1S/C19H22Cl2N2O3S/c1-4-23(5-2)27(25,26)18-12-14(10-11-17(18)21)19(24)22-13(3)15-8-6-7-9-16(15)20/h6-13H,4-5H2,1-3H3,(H,22,24). The first-order chi connectivity index (χ1) is 12.7. The molecule has 2 aromatic rings. The van der Waals surface area contributed by atoms with Crippen LogP contribution < -0.4 is 5.32 Å². The summed E-state index contributed by atoms with van der Waals surface area (Å²) in [5, 5.41) is 3.46. The molecule has 0 saturated heterocycles. The largest absolute Gasteiger partial charge is 0.345 e. The normalized spacial score (nSPS) is 12.8. The van der Waals surface area contributed by atoms with Crippen molar-refractivity contribution in [2.75, 3.05) is 13.1 Å². The third kappa shape index (κ3) is 4.82. The van der Waals surface area contributed by atoms with Crippen molar-refractivity contribution in [3.8, 4) is 0 Å². The second-order valence-electron chi connectivity index (χ2n) is 5.95. The summed E-state index contributed by atoms with van der Waals surface area (Å²) in [6.07, 6.45) is 0. The van der Waals surface area contributed by atoms with E-state index in [1.54, 1.807) is 19.9 Å². The summed E-state index contributed by atoms with van der Waals surface area (Å²) in [5.74, 6) is -0.407. The number of carbonyl (C=O) groups excluding carboxylic acids is 1. The van der Waals surface area contributed by atoms with E-state index in [2.05, 4.69) is 5.32 Å². The number of halogens is 2. The number of nitrogens with one attached hydrogen (secondary N) is 1. The first-order valence-corrected chi connectivity index (χ1v) is 10.8. The van der Waals surface area contributed by atoms with E-state index in [1.807, 2.05) is 25.1 Å². The van der Waals surface area contributed by atoms with E-state index >= 15 is 0 Å². The van der Waals surface area contributed by atoms with Gasteiger partial charge in [0.2, 0.25) is 10.0 Å². The van der Waals surface area contributed by atoms with Crippen LogP contribution in [0.15, 0.2) is 47.4 Å². The predicted octanol–water partition coefficient (Wildman–Crippen LogP) is 4.51. The molecule has 146 valence electrons. The summed E-state index contributed by atoms with van der Waals surface area (Å²) in [5.41, 5.74) is 0.988. The van der Waals surface area contributed by atoms with E-state index in [4.69, 9.17) is 23.2 Å². The zero-order chi connectivity index (χ0) is 20.2. The Morgan fingerprint density at radius 2 is 1.70 bits per heavy atom. The van der Waals surface area contributed by atoms with Crippen LogP contribution >= 0.6 is 23.2 Å². The summed E-state index contributed by atoms with van der Waals surface area (Å²) in [6.45, 7) is 5.93. The summed E-state index contributed by atoms with van der Waals surface area (Å²) < 4.78 is 26.8. The van der Waals surface area contributed by atoms with Crippen LogP contribution in [0.3, 0.4) is 0 Å². The van der Waals surface area contributed by atoms with Crippen molar-refractivity contribution in [3.05, 3.63) is 63.6 Å². The molecule has 0 heterocycles. The highest BCUT2D eigenvalue weighted by Gasteiger charge is 2.26. The van der Waals surface area contributed by atoms with Crippen LogP contribution in [0.25, 0.3) is 0 Å². The van der Waals surface area contributed by atoms with Gasteiger partial charge in [0.15, 0.2) is 0 Å². The number of carbonyl (C=O) groups is 1. The van der Waals surface area contributed by atoms with E-state index in [-0.39, 0.29) is 21.5 Å². The maximum absolute atomic E-state index is 12.8. The van der Waals surface area contributed by atoms with Crippen molar-refractivity contribution in [1.82, 2.24) is 9.62 Å². The molecule has 2 rings (SSSR count). The molecular weight excluding hydrogens is 407 g/mol. The molecular formula is C19H22Cl2N2O3S. The third-order valence-electron chi connectivity index (χ3n) is 4.24. The molecule has 0 fully saturated rings. The second-order valence-corrected chi connectivity index (χ2v) is 8.67. The summed E-state index contributed by atoms with van der Waals surface area (Å²) in [6, 6.07) is 11.1. The van der Waals surface area contributed by atoms with Crippen molar-refractivity contribution in [3.63, 3.8) is 0 Å². The Kier molecular flexibility index (Phi) is 7.28. The van der Waals surface area contributed by atoms with Gasteiger partial charge in [-0.2, -0.15) is 4.31 Å². The van der Waals surface area contributed by atoms with E-state index in [1.165, 1.54) is 22.5 Å². The molecule has 0 aliphatic rings. The zero-order valence-electron chi connectivity index (χ0n) is 15.4. The van der Waals surface area contributed by atoms with Crippen LogP contribution in [0.1, 0.15) is 42.7 Å². The van der Waals surface area contributed by atoms with Crippen LogP contribution in [-0.2, 0) is 10.0 Å². The maximum Gasteiger partial charge on any atom is 0.251 e. The average molecular weight is 429 g/mol. The Hall–Kier alpha value is -1.60.